The fourth-order valence-corrected chi connectivity index (χ4v) is 4.13. The highest BCUT2D eigenvalue weighted by Crippen LogP contribution is 2.27. The van der Waals surface area contributed by atoms with Crippen molar-refractivity contribution in [1.82, 2.24) is 19.2 Å². The number of carbonyl (C=O) groups is 1. The summed E-state index contributed by atoms with van der Waals surface area (Å²) in [4.78, 5) is 27.5. The molecule has 0 saturated carbocycles. The molecule has 0 radical (unpaired) electrons. The Hall–Kier alpha value is -3.66. The van der Waals surface area contributed by atoms with E-state index in [2.05, 4.69) is 11.2 Å². The molecule has 1 aliphatic heterocycles. The van der Waals surface area contributed by atoms with Crippen LogP contribution in [0.1, 0.15) is 53.0 Å². The second-order valence-corrected chi connectivity index (χ2v) is 7.78. The minimum atomic E-state index is -0.0857. The number of aromatic nitrogens is 3. The summed E-state index contributed by atoms with van der Waals surface area (Å²) in [5.74, 6) is 0.939. The predicted molar refractivity (Wildman–Crippen MR) is 117 cm³/mol. The number of nitriles is 1. The first-order valence-corrected chi connectivity index (χ1v) is 10.6. The van der Waals surface area contributed by atoms with Crippen molar-refractivity contribution in [2.45, 2.75) is 38.8 Å². The summed E-state index contributed by atoms with van der Waals surface area (Å²) in [5.41, 5.74) is 2.09. The molecule has 1 aliphatic rings. The van der Waals surface area contributed by atoms with Crippen LogP contribution in [0.2, 0.25) is 0 Å². The van der Waals surface area contributed by atoms with E-state index in [-0.39, 0.29) is 17.5 Å². The van der Waals surface area contributed by atoms with Crippen LogP contribution in [0.4, 0.5) is 0 Å². The van der Waals surface area contributed by atoms with E-state index < -0.39 is 0 Å². The van der Waals surface area contributed by atoms with E-state index in [0.717, 1.165) is 24.2 Å². The predicted octanol–water partition coefficient (Wildman–Crippen LogP) is 3.00. The molecule has 1 saturated heterocycles. The number of likely N-dealkylation sites (tertiary alicyclic amines) is 1. The van der Waals surface area contributed by atoms with Crippen LogP contribution < -0.4 is 5.69 Å². The summed E-state index contributed by atoms with van der Waals surface area (Å²) in [6, 6.07) is 18.7. The lowest BCUT2D eigenvalue weighted by molar-refractivity contribution is 0.0710. The molecule has 2 aromatic carbocycles. The number of amides is 1. The molecule has 2 heterocycles. The van der Waals surface area contributed by atoms with Gasteiger partial charge >= 0.3 is 5.69 Å². The van der Waals surface area contributed by atoms with Crippen LogP contribution >= 0.6 is 0 Å². The molecule has 7 nitrogen and oxygen atoms in total. The maximum absolute atomic E-state index is 12.9. The van der Waals surface area contributed by atoms with Crippen LogP contribution in [-0.2, 0) is 13.1 Å². The number of rotatable bonds is 5. The summed E-state index contributed by atoms with van der Waals surface area (Å²) >= 11 is 0. The smallest absolute Gasteiger partial charge is 0.339 e. The van der Waals surface area contributed by atoms with Gasteiger partial charge in [-0.2, -0.15) is 10.4 Å². The van der Waals surface area contributed by atoms with Crippen molar-refractivity contribution in [1.29, 1.82) is 5.26 Å². The number of hydrogen-bond donors (Lipinski definition) is 0. The average Bonchev–Trinajstić information content (AvgIpc) is 3.14. The normalized spacial score (nSPS) is 14.4. The van der Waals surface area contributed by atoms with Gasteiger partial charge in [0.25, 0.3) is 5.91 Å². The maximum Gasteiger partial charge on any atom is 0.346 e. The lowest BCUT2D eigenvalue weighted by Crippen LogP contribution is -2.38. The van der Waals surface area contributed by atoms with Crippen molar-refractivity contribution < 1.29 is 4.79 Å². The summed E-state index contributed by atoms with van der Waals surface area (Å²) in [6.45, 7) is 4.23. The number of piperidine rings is 1. The van der Waals surface area contributed by atoms with Crippen LogP contribution in [-0.4, -0.2) is 38.2 Å². The molecule has 0 N–H and O–H groups in total. The van der Waals surface area contributed by atoms with Crippen molar-refractivity contribution in [3.05, 3.63) is 87.6 Å². The third-order valence-corrected chi connectivity index (χ3v) is 5.85. The second kappa shape index (κ2) is 9.00. The zero-order chi connectivity index (χ0) is 21.8. The van der Waals surface area contributed by atoms with Gasteiger partial charge in [0.05, 0.1) is 18.2 Å². The highest BCUT2D eigenvalue weighted by atomic mass is 16.2. The molecule has 0 bridgehead atoms. The van der Waals surface area contributed by atoms with Crippen molar-refractivity contribution in [3.8, 4) is 6.07 Å². The van der Waals surface area contributed by atoms with Gasteiger partial charge in [0, 0.05) is 31.1 Å². The van der Waals surface area contributed by atoms with Gasteiger partial charge in [-0.25, -0.2) is 9.48 Å². The first-order valence-electron chi connectivity index (χ1n) is 10.6. The minimum absolute atomic E-state index is 0.0228. The average molecular weight is 415 g/mol. The third-order valence-electron chi connectivity index (χ3n) is 5.85. The molecule has 7 heteroatoms. The summed E-state index contributed by atoms with van der Waals surface area (Å²) in [5, 5.41) is 13.6. The Kier molecular flexibility index (Phi) is 5.99. The molecular formula is C24H25N5O2. The highest BCUT2D eigenvalue weighted by Gasteiger charge is 2.28. The minimum Gasteiger partial charge on any atom is -0.339 e. The Balaban J connectivity index is 1.47. The van der Waals surface area contributed by atoms with E-state index in [1.54, 1.807) is 33.5 Å². The van der Waals surface area contributed by atoms with Gasteiger partial charge in [-0.05, 0) is 49.6 Å². The van der Waals surface area contributed by atoms with Crippen LogP contribution in [0.3, 0.4) is 0 Å². The number of nitrogens with zero attached hydrogens (tertiary/aromatic N) is 5. The second-order valence-electron chi connectivity index (χ2n) is 7.78. The van der Waals surface area contributed by atoms with Gasteiger partial charge < -0.3 is 4.90 Å². The van der Waals surface area contributed by atoms with Crippen molar-refractivity contribution in [2.24, 2.45) is 0 Å². The zero-order valence-electron chi connectivity index (χ0n) is 17.6. The molecular weight excluding hydrogens is 390 g/mol. The van der Waals surface area contributed by atoms with Gasteiger partial charge in [-0.3, -0.25) is 9.36 Å². The summed E-state index contributed by atoms with van der Waals surface area (Å²) in [6.07, 6.45) is 1.54. The number of carbonyl (C=O) groups excluding carboxylic acids is 1. The van der Waals surface area contributed by atoms with Crippen LogP contribution in [0.25, 0.3) is 0 Å². The standard InChI is InChI=1S/C24H25N5O2/c1-2-28-22(26-29(24(28)31)17-19-6-4-3-5-7-19)20-12-14-27(15-13-20)23(30)21-10-8-18(16-25)9-11-21/h3-11,20H,2,12-15,17H2,1H3. The molecule has 0 spiro atoms. The largest absolute Gasteiger partial charge is 0.346 e. The Bertz CT molecular complexity index is 1150. The van der Waals surface area contributed by atoms with E-state index in [0.29, 0.717) is 37.3 Å². The quantitative estimate of drug-likeness (QED) is 0.641. The molecule has 0 unspecified atom stereocenters. The van der Waals surface area contributed by atoms with Gasteiger partial charge in [0.1, 0.15) is 5.82 Å². The molecule has 0 atom stereocenters. The monoisotopic (exact) mass is 415 g/mol. The molecule has 4 rings (SSSR count). The van der Waals surface area contributed by atoms with Crippen molar-refractivity contribution >= 4 is 5.91 Å². The van der Waals surface area contributed by atoms with Crippen LogP contribution in [0, 0.1) is 11.3 Å². The van der Waals surface area contributed by atoms with Crippen LogP contribution in [0.15, 0.2) is 59.4 Å². The lowest BCUT2D eigenvalue weighted by Gasteiger charge is -2.31. The molecule has 31 heavy (non-hydrogen) atoms. The third kappa shape index (κ3) is 4.29. The summed E-state index contributed by atoms with van der Waals surface area (Å²) < 4.78 is 3.30. The Labute approximate surface area is 181 Å². The van der Waals surface area contributed by atoms with E-state index in [1.165, 1.54) is 0 Å². The molecule has 3 aromatic rings. The fourth-order valence-electron chi connectivity index (χ4n) is 4.13. The van der Waals surface area contributed by atoms with E-state index in [4.69, 9.17) is 5.26 Å². The van der Waals surface area contributed by atoms with Crippen molar-refractivity contribution in [2.75, 3.05) is 13.1 Å². The van der Waals surface area contributed by atoms with Gasteiger partial charge in [0.2, 0.25) is 0 Å². The highest BCUT2D eigenvalue weighted by molar-refractivity contribution is 5.94. The topological polar surface area (TPSA) is 83.9 Å². The van der Waals surface area contributed by atoms with E-state index in [1.807, 2.05) is 42.2 Å². The Morgan fingerprint density at radius 2 is 1.77 bits per heavy atom. The molecule has 158 valence electrons. The maximum atomic E-state index is 12.9. The fraction of sp³-hybridized carbons (Fsp3) is 0.333. The van der Waals surface area contributed by atoms with Gasteiger partial charge in [0.15, 0.2) is 0 Å². The summed E-state index contributed by atoms with van der Waals surface area (Å²) in [7, 11) is 0. The zero-order valence-corrected chi connectivity index (χ0v) is 17.6. The number of benzene rings is 2. The van der Waals surface area contributed by atoms with Gasteiger partial charge in [-0.15, -0.1) is 0 Å². The Morgan fingerprint density at radius 3 is 2.39 bits per heavy atom. The lowest BCUT2D eigenvalue weighted by atomic mass is 9.95. The molecule has 1 fully saturated rings. The molecule has 0 aliphatic carbocycles. The Morgan fingerprint density at radius 1 is 1.10 bits per heavy atom. The first kappa shape index (κ1) is 20.6. The van der Waals surface area contributed by atoms with Crippen LogP contribution in [0.5, 0.6) is 0 Å². The number of hydrogen-bond acceptors (Lipinski definition) is 4. The molecule has 1 amide bonds. The molecule has 1 aromatic heterocycles. The SMILES string of the molecule is CCn1c(C2CCN(C(=O)c3ccc(C#N)cc3)CC2)nn(Cc2ccccc2)c1=O. The first-order chi connectivity index (χ1) is 15.1. The van der Waals surface area contributed by atoms with Gasteiger partial charge in [-0.1, -0.05) is 30.3 Å². The van der Waals surface area contributed by atoms with Crippen molar-refractivity contribution in [3.63, 3.8) is 0 Å². The van der Waals surface area contributed by atoms with E-state index >= 15 is 0 Å². The van der Waals surface area contributed by atoms with E-state index in [9.17, 15) is 9.59 Å².